The smallest absolute Gasteiger partial charge is 0.338 e. The van der Waals surface area contributed by atoms with Crippen molar-refractivity contribution in [2.24, 2.45) is 0 Å². The maximum Gasteiger partial charge on any atom is 0.338 e. The number of carbonyl (C=O) groups is 2. The van der Waals surface area contributed by atoms with Gasteiger partial charge in [0, 0.05) is 17.6 Å². The Morgan fingerprint density at radius 1 is 1.26 bits per heavy atom. The van der Waals surface area contributed by atoms with Gasteiger partial charge in [-0.1, -0.05) is 35.5 Å². The number of urea groups is 1. The number of hydrogen-bond acceptors (Lipinski definition) is 6. The number of aryl methyl sites for hydroxylation is 2. The predicted octanol–water partition coefficient (Wildman–Crippen LogP) is 3.54. The first-order valence-electron chi connectivity index (χ1n) is 9.94. The van der Waals surface area contributed by atoms with Crippen LogP contribution in [0, 0.1) is 13.8 Å². The summed E-state index contributed by atoms with van der Waals surface area (Å²) in [7, 11) is 0. The van der Waals surface area contributed by atoms with Gasteiger partial charge in [0.15, 0.2) is 10.8 Å². The fourth-order valence-electron chi connectivity index (χ4n) is 3.52. The molecule has 3 aromatic rings. The van der Waals surface area contributed by atoms with E-state index in [0.717, 1.165) is 22.2 Å². The number of imidazole rings is 1. The Hall–Kier alpha value is -3.33. The Morgan fingerprint density at radius 2 is 2.10 bits per heavy atom. The zero-order valence-corrected chi connectivity index (χ0v) is 18.3. The molecule has 0 aliphatic carbocycles. The van der Waals surface area contributed by atoms with Gasteiger partial charge in [0.1, 0.15) is 0 Å². The molecule has 0 fully saturated rings. The lowest BCUT2D eigenvalue weighted by atomic mass is 9.91. The monoisotopic (exact) mass is 437 g/mol. The topological polar surface area (TPSA) is 109 Å². The van der Waals surface area contributed by atoms with Gasteiger partial charge in [0.2, 0.25) is 0 Å². The van der Waals surface area contributed by atoms with Gasteiger partial charge in [-0.3, -0.25) is 0 Å². The molecule has 0 bridgehead atoms. The van der Waals surface area contributed by atoms with Crippen LogP contribution in [0.3, 0.4) is 0 Å². The van der Waals surface area contributed by atoms with Crippen LogP contribution in [0.1, 0.15) is 29.7 Å². The number of aromatic nitrogens is 3. The second-order valence-electron chi connectivity index (χ2n) is 7.21. The second kappa shape index (κ2) is 8.81. The average molecular weight is 438 g/mol. The van der Waals surface area contributed by atoms with E-state index in [1.807, 2.05) is 44.2 Å². The third kappa shape index (κ3) is 4.41. The number of thioether (sulfide) groups is 1. The largest absolute Gasteiger partial charge is 0.463 e. The van der Waals surface area contributed by atoms with E-state index in [4.69, 9.17) is 4.74 Å². The molecule has 0 spiro atoms. The predicted molar refractivity (Wildman–Crippen MR) is 119 cm³/mol. The fourth-order valence-corrected chi connectivity index (χ4v) is 4.36. The summed E-state index contributed by atoms with van der Waals surface area (Å²) in [6, 6.07) is 8.74. The van der Waals surface area contributed by atoms with E-state index in [9.17, 15) is 9.59 Å². The van der Waals surface area contributed by atoms with Gasteiger partial charge in [-0.25, -0.2) is 19.6 Å². The van der Waals surface area contributed by atoms with Crippen LogP contribution in [0.4, 0.5) is 4.79 Å². The number of amides is 2. The number of ether oxygens (including phenoxy) is 1. The first-order valence-corrected chi connectivity index (χ1v) is 10.9. The lowest BCUT2D eigenvalue weighted by molar-refractivity contribution is -0.139. The van der Waals surface area contributed by atoms with Crippen LogP contribution in [0.15, 0.2) is 53.0 Å². The molecular formula is C22H23N5O3S. The Kier molecular flexibility index (Phi) is 5.94. The zero-order chi connectivity index (χ0) is 22.0. The standard InChI is InChI=1S/C22H23N5O3S/c1-4-30-20(28)17-16(11-31-22-25-15-6-5-9-23-19(15)27-22)24-21(29)26-18(17)14-10-12(2)7-8-13(14)3/h5-10,18H,4,11H2,1-3H3,(H,23,25,27)(H2,24,26,29)/t18-/m1/s1. The second-order valence-corrected chi connectivity index (χ2v) is 8.17. The van der Waals surface area contributed by atoms with Gasteiger partial charge in [-0.15, -0.1) is 0 Å². The number of nitrogens with one attached hydrogen (secondary N) is 3. The molecular weight excluding hydrogens is 414 g/mol. The first-order chi connectivity index (χ1) is 15.0. The highest BCUT2D eigenvalue weighted by Crippen LogP contribution is 2.32. The Balaban J connectivity index is 1.71. The normalized spacial score (nSPS) is 16.2. The third-order valence-electron chi connectivity index (χ3n) is 4.98. The van der Waals surface area contributed by atoms with E-state index in [-0.39, 0.29) is 12.6 Å². The van der Waals surface area contributed by atoms with Gasteiger partial charge in [0.25, 0.3) is 0 Å². The van der Waals surface area contributed by atoms with Crippen LogP contribution in [-0.4, -0.2) is 39.3 Å². The molecule has 1 aliphatic rings. The van der Waals surface area contributed by atoms with E-state index in [1.54, 1.807) is 13.1 Å². The van der Waals surface area contributed by atoms with Crippen molar-refractivity contribution in [3.63, 3.8) is 0 Å². The van der Waals surface area contributed by atoms with Crippen molar-refractivity contribution in [3.05, 3.63) is 64.5 Å². The number of carbonyl (C=O) groups excluding carboxylic acids is 2. The maximum absolute atomic E-state index is 12.9. The summed E-state index contributed by atoms with van der Waals surface area (Å²) in [6.45, 7) is 5.94. The molecule has 8 nitrogen and oxygen atoms in total. The van der Waals surface area contributed by atoms with E-state index >= 15 is 0 Å². The minimum Gasteiger partial charge on any atom is -0.463 e. The highest BCUT2D eigenvalue weighted by atomic mass is 32.2. The number of fused-ring (bicyclic) bond motifs is 1. The zero-order valence-electron chi connectivity index (χ0n) is 17.5. The molecule has 9 heteroatoms. The molecule has 0 saturated heterocycles. The minimum atomic E-state index is -0.597. The summed E-state index contributed by atoms with van der Waals surface area (Å²) in [5.74, 6) is -0.120. The lowest BCUT2D eigenvalue weighted by Crippen LogP contribution is -2.46. The molecule has 2 amide bonds. The number of pyridine rings is 1. The van der Waals surface area contributed by atoms with E-state index in [0.29, 0.717) is 27.8 Å². The molecule has 4 rings (SSSR count). The van der Waals surface area contributed by atoms with E-state index in [2.05, 4.69) is 25.6 Å². The molecule has 0 unspecified atom stereocenters. The highest BCUT2D eigenvalue weighted by molar-refractivity contribution is 7.99. The molecule has 3 N–H and O–H groups in total. The van der Waals surface area contributed by atoms with Crippen LogP contribution in [0.25, 0.3) is 11.2 Å². The van der Waals surface area contributed by atoms with Crippen molar-refractivity contribution in [1.82, 2.24) is 25.6 Å². The maximum atomic E-state index is 12.9. The molecule has 31 heavy (non-hydrogen) atoms. The SMILES string of the molecule is CCOC(=O)C1=C(CSc2nc3ncccc3[nH]2)NC(=O)N[C@@H]1c1cc(C)ccc1C. The highest BCUT2D eigenvalue weighted by Gasteiger charge is 2.34. The summed E-state index contributed by atoms with van der Waals surface area (Å²) >= 11 is 1.38. The van der Waals surface area contributed by atoms with Crippen molar-refractivity contribution in [2.45, 2.75) is 32.0 Å². The van der Waals surface area contributed by atoms with Crippen LogP contribution in [-0.2, 0) is 9.53 Å². The summed E-state index contributed by atoms with van der Waals surface area (Å²) < 4.78 is 5.34. The number of nitrogens with zero attached hydrogens (tertiary/aromatic N) is 2. The lowest BCUT2D eigenvalue weighted by Gasteiger charge is -2.30. The minimum absolute atomic E-state index is 0.242. The van der Waals surface area contributed by atoms with Gasteiger partial charge in [-0.05, 0) is 44.0 Å². The first kappa shape index (κ1) is 20.9. The number of aromatic amines is 1. The number of hydrogen-bond donors (Lipinski definition) is 3. The molecule has 160 valence electrons. The molecule has 0 radical (unpaired) electrons. The van der Waals surface area contributed by atoms with Crippen molar-refractivity contribution < 1.29 is 14.3 Å². The molecule has 0 saturated carbocycles. The summed E-state index contributed by atoms with van der Waals surface area (Å²) in [6.07, 6.45) is 1.68. The average Bonchev–Trinajstić information content (AvgIpc) is 3.16. The Morgan fingerprint density at radius 3 is 2.87 bits per heavy atom. The van der Waals surface area contributed by atoms with Gasteiger partial charge >= 0.3 is 12.0 Å². The number of rotatable bonds is 6. The molecule has 1 aromatic carbocycles. The summed E-state index contributed by atoms with van der Waals surface area (Å²) in [4.78, 5) is 37.3. The molecule has 3 heterocycles. The molecule has 1 aliphatic heterocycles. The van der Waals surface area contributed by atoms with Gasteiger partial charge in [0.05, 0.1) is 23.7 Å². The Bertz CT molecular complexity index is 1150. The van der Waals surface area contributed by atoms with Crippen molar-refractivity contribution in [3.8, 4) is 0 Å². The van der Waals surface area contributed by atoms with Crippen molar-refractivity contribution in [2.75, 3.05) is 12.4 Å². The summed E-state index contributed by atoms with van der Waals surface area (Å²) in [5, 5.41) is 6.34. The molecule has 2 aromatic heterocycles. The van der Waals surface area contributed by atoms with Crippen LogP contribution in [0.2, 0.25) is 0 Å². The fraction of sp³-hybridized carbons (Fsp3) is 0.273. The number of benzene rings is 1. The third-order valence-corrected chi connectivity index (χ3v) is 5.88. The van der Waals surface area contributed by atoms with E-state index < -0.39 is 12.0 Å². The van der Waals surface area contributed by atoms with Crippen LogP contribution < -0.4 is 10.6 Å². The van der Waals surface area contributed by atoms with Crippen molar-refractivity contribution >= 4 is 34.9 Å². The quantitative estimate of drug-likeness (QED) is 0.402. The molecule has 1 atom stereocenters. The van der Waals surface area contributed by atoms with Crippen molar-refractivity contribution in [1.29, 1.82) is 0 Å². The van der Waals surface area contributed by atoms with Gasteiger partial charge < -0.3 is 20.4 Å². The van der Waals surface area contributed by atoms with Gasteiger partial charge in [-0.2, -0.15) is 0 Å². The van der Waals surface area contributed by atoms with Crippen LogP contribution in [0.5, 0.6) is 0 Å². The van der Waals surface area contributed by atoms with Crippen LogP contribution >= 0.6 is 11.8 Å². The number of esters is 1. The van der Waals surface area contributed by atoms with E-state index in [1.165, 1.54) is 11.8 Å². The number of H-pyrrole nitrogens is 1. The Labute approximate surface area is 183 Å². The summed E-state index contributed by atoms with van der Waals surface area (Å²) in [5.41, 5.74) is 5.24.